The van der Waals surface area contributed by atoms with Crippen LogP contribution in [0.3, 0.4) is 0 Å². The summed E-state index contributed by atoms with van der Waals surface area (Å²) in [5.74, 6) is 0.225. The van der Waals surface area contributed by atoms with Crippen molar-refractivity contribution in [2.45, 2.75) is 6.92 Å². The van der Waals surface area contributed by atoms with Gasteiger partial charge in [0.05, 0.1) is 20.8 Å². The minimum Gasteiger partial charge on any atom is -0.492 e. The number of benzene rings is 2. The smallest absolute Gasteiger partial charge is 0.293 e. The van der Waals surface area contributed by atoms with Gasteiger partial charge in [0, 0.05) is 6.07 Å². The fraction of sp³-hybridized carbons (Fsp3) is 0.158. The van der Waals surface area contributed by atoms with Gasteiger partial charge in [-0.2, -0.15) is 0 Å². The van der Waals surface area contributed by atoms with Gasteiger partial charge in [-0.05, 0) is 64.5 Å². The summed E-state index contributed by atoms with van der Waals surface area (Å²) in [4.78, 5) is 36.5. The zero-order chi connectivity index (χ0) is 20.3. The summed E-state index contributed by atoms with van der Waals surface area (Å²) in [6.07, 6.45) is 1.48. The van der Waals surface area contributed by atoms with Crippen molar-refractivity contribution in [3.63, 3.8) is 0 Å². The Kier molecular flexibility index (Phi) is 6.15. The first-order chi connectivity index (χ1) is 13.3. The summed E-state index contributed by atoms with van der Waals surface area (Å²) in [7, 11) is 0. The Morgan fingerprint density at radius 1 is 1.21 bits per heavy atom. The maximum absolute atomic E-state index is 12.5. The molecule has 0 aliphatic carbocycles. The molecule has 1 heterocycles. The van der Waals surface area contributed by atoms with Crippen molar-refractivity contribution in [2.24, 2.45) is 0 Å². The second kappa shape index (κ2) is 8.57. The Hall–Kier alpha value is -2.65. The number of nitrogens with zero attached hydrogens (tertiary/aromatic N) is 2. The molecule has 2 amide bonds. The number of rotatable bonds is 6. The molecule has 7 nitrogen and oxygen atoms in total. The fourth-order valence-corrected chi connectivity index (χ4v) is 3.75. The van der Waals surface area contributed by atoms with E-state index >= 15 is 0 Å². The van der Waals surface area contributed by atoms with Crippen LogP contribution in [-0.2, 0) is 4.79 Å². The van der Waals surface area contributed by atoms with Gasteiger partial charge in [-0.1, -0.05) is 23.8 Å². The summed E-state index contributed by atoms with van der Waals surface area (Å²) in [5, 5.41) is 10.6. The minimum atomic E-state index is -0.518. The minimum absolute atomic E-state index is 0.112. The molecule has 0 spiro atoms. The van der Waals surface area contributed by atoms with Crippen molar-refractivity contribution < 1.29 is 19.2 Å². The van der Waals surface area contributed by atoms with Crippen molar-refractivity contribution in [2.75, 3.05) is 13.2 Å². The number of hydrogen-bond donors (Lipinski definition) is 0. The van der Waals surface area contributed by atoms with E-state index in [1.165, 1.54) is 18.2 Å². The predicted molar refractivity (Wildman–Crippen MR) is 110 cm³/mol. The number of nitro groups is 1. The summed E-state index contributed by atoms with van der Waals surface area (Å²) >= 11 is 3.92. The maximum Gasteiger partial charge on any atom is 0.293 e. The number of imide groups is 1. The van der Waals surface area contributed by atoms with E-state index in [1.807, 2.05) is 31.2 Å². The van der Waals surface area contributed by atoms with E-state index in [2.05, 4.69) is 15.9 Å². The first-order valence-electron chi connectivity index (χ1n) is 8.24. The first-order valence-corrected chi connectivity index (χ1v) is 9.85. The highest BCUT2D eigenvalue weighted by atomic mass is 79.9. The van der Waals surface area contributed by atoms with Gasteiger partial charge in [0.25, 0.3) is 16.8 Å². The molecule has 0 unspecified atom stereocenters. The fourth-order valence-electron chi connectivity index (χ4n) is 2.49. The van der Waals surface area contributed by atoms with Crippen LogP contribution in [0.5, 0.6) is 5.75 Å². The summed E-state index contributed by atoms with van der Waals surface area (Å²) < 4.78 is 5.92. The van der Waals surface area contributed by atoms with Gasteiger partial charge in [-0.15, -0.1) is 0 Å². The van der Waals surface area contributed by atoms with Crippen molar-refractivity contribution in [1.29, 1.82) is 0 Å². The topological polar surface area (TPSA) is 89.8 Å². The van der Waals surface area contributed by atoms with Crippen LogP contribution in [0.15, 0.2) is 51.8 Å². The van der Waals surface area contributed by atoms with Crippen LogP contribution >= 0.6 is 27.7 Å². The molecule has 2 aromatic rings. The Morgan fingerprint density at radius 3 is 2.61 bits per heavy atom. The number of aryl methyl sites for hydroxylation is 1. The molecule has 0 radical (unpaired) electrons. The number of nitro benzene ring substituents is 1. The average Bonchev–Trinajstić information content (AvgIpc) is 2.92. The number of hydrogen-bond acceptors (Lipinski definition) is 6. The standard InChI is InChI=1S/C19H15BrN2O5S/c1-12-2-5-14(6-3-12)27-9-8-21-18(23)17(28-19(21)24)11-13-4-7-15(20)16(10-13)22(25)26/h2-7,10-11H,8-9H2,1H3/b17-11-. The summed E-state index contributed by atoms with van der Waals surface area (Å²) in [6, 6.07) is 12.0. The maximum atomic E-state index is 12.5. The van der Waals surface area contributed by atoms with Gasteiger partial charge < -0.3 is 4.74 Å². The van der Waals surface area contributed by atoms with E-state index in [0.717, 1.165) is 22.2 Å². The number of thioether (sulfide) groups is 1. The molecule has 0 N–H and O–H groups in total. The molecule has 2 aromatic carbocycles. The van der Waals surface area contributed by atoms with Crippen molar-refractivity contribution in [1.82, 2.24) is 4.90 Å². The van der Waals surface area contributed by atoms with Crippen LogP contribution in [0, 0.1) is 17.0 Å². The van der Waals surface area contributed by atoms with Crippen LogP contribution in [0.25, 0.3) is 6.08 Å². The largest absolute Gasteiger partial charge is 0.492 e. The van der Waals surface area contributed by atoms with Crippen LogP contribution in [0.4, 0.5) is 10.5 Å². The van der Waals surface area contributed by atoms with E-state index in [-0.39, 0.29) is 23.7 Å². The lowest BCUT2D eigenvalue weighted by atomic mass is 10.2. The molecule has 0 bridgehead atoms. The third kappa shape index (κ3) is 4.60. The third-order valence-electron chi connectivity index (χ3n) is 3.94. The van der Waals surface area contributed by atoms with E-state index in [0.29, 0.717) is 15.8 Å². The molecule has 9 heteroatoms. The molecule has 3 rings (SSSR count). The monoisotopic (exact) mass is 462 g/mol. The van der Waals surface area contributed by atoms with Crippen molar-refractivity contribution in [3.8, 4) is 5.75 Å². The van der Waals surface area contributed by atoms with E-state index in [4.69, 9.17) is 4.74 Å². The lowest BCUT2D eigenvalue weighted by Gasteiger charge is -2.13. The van der Waals surface area contributed by atoms with E-state index in [1.54, 1.807) is 6.07 Å². The second-order valence-corrected chi connectivity index (χ2v) is 7.81. The summed E-state index contributed by atoms with van der Waals surface area (Å²) in [5.41, 5.74) is 1.47. The number of carbonyl (C=O) groups excluding carboxylic acids is 2. The zero-order valence-corrected chi connectivity index (χ0v) is 17.2. The van der Waals surface area contributed by atoms with Crippen molar-refractivity contribution >= 4 is 50.6 Å². The van der Waals surface area contributed by atoms with Gasteiger partial charge in [-0.25, -0.2) is 0 Å². The normalized spacial score (nSPS) is 15.4. The molecule has 144 valence electrons. The highest BCUT2D eigenvalue weighted by Crippen LogP contribution is 2.33. The average molecular weight is 463 g/mol. The summed E-state index contributed by atoms with van der Waals surface area (Å²) in [6.45, 7) is 2.27. The van der Waals surface area contributed by atoms with Gasteiger partial charge in [0.2, 0.25) is 0 Å². The Labute approximate surface area is 173 Å². The van der Waals surface area contributed by atoms with Gasteiger partial charge in [-0.3, -0.25) is 24.6 Å². The van der Waals surface area contributed by atoms with E-state index < -0.39 is 16.1 Å². The Balaban J connectivity index is 1.67. The number of carbonyl (C=O) groups is 2. The molecule has 28 heavy (non-hydrogen) atoms. The van der Waals surface area contributed by atoms with E-state index in [9.17, 15) is 19.7 Å². The molecular weight excluding hydrogens is 448 g/mol. The Bertz CT molecular complexity index is 975. The van der Waals surface area contributed by atoms with Crippen molar-refractivity contribution in [3.05, 3.63) is 73.1 Å². The quantitative estimate of drug-likeness (QED) is 0.348. The third-order valence-corrected chi connectivity index (χ3v) is 5.52. The zero-order valence-electron chi connectivity index (χ0n) is 14.8. The van der Waals surface area contributed by atoms with Gasteiger partial charge in [0.1, 0.15) is 12.4 Å². The highest BCUT2D eigenvalue weighted by Gasteiger charge is 2.34. The van der Waals surface area contributed by atoms with Crippen LogP contribution in [-0.4, -0.2) is 34.1 Å². The van der Waals surface area contributed by atoms with Crippen LogP contribution in [0.2, 0.25) is 0 Å². The molecule has 0 aromatic heterocycles. The molecule has 0 saturated carbocycles. The number of halogens is 1. The SMILES string of the molecule is Cc1ccc(OCCN2C(=O)S/C(=C\c3ccc(Br)c([N+](=O)[O-])c3)C2=O)cc1. The molecule has 1 saturated heterocycles. The molecular formula is C19H15BrN2O5S. The number of ether oxygens (including phenoxy) is 1. The van der Waals surface area contributed by atoms with Crippen LogP contribution in [0.1, 0.15) is 11.1 Å². The first kappa shape index (κ1) is 20.1. The van der Waals surface area contributed by atoms with Crippen LogP contribution < -0.4 is 4.74 Å². The second-order valence-electron chi connectivity index (χ2n) is 5.96. The lowest BCUT2D eigenvalue weighted by molar-refractivity contribution is -0.385. The lowest BCUT2D eigenvalue weighted by Crippen LogP contribution is -2.32. The molecule has 0 atom stereocenters. The molecule has 1 aliphatic heterocycles. The van der Waals surface area contributed by atoms with Gasteiger partial charge in [0.15, 0.2) is 0 Å². The molecule has 1 aliphatic rings. The number of amides is 2. The molecule has 1 fully saturated rings. The predicted octanol–water partition coefficient (Wildman–Crippen LogP) is 4.78. The highest BCUT2D eigenvalue weighted by molar-refractivity contribution is 9.10. The van der Waals surface area contributed by atoms with Gasteiger partial charge >= 0.3 is 0 Å². The Morgan fingerprint density at radius 2 is 1.93 bits per heavy atom.